The summed E-state index contributed by atoms with van der Waals surface area (Å²) in [6.45, 7) is 5.05. The van der Waals surface area contributed by atoms with Crippen LogP contribution in [-0.4, -0.2) is 16.7 Å². The Morgan fingerprint density at radius 2 is 2.15 bits per heavy atom. The lowest BCUT2D eigenvalue weighted by molar-refractivity contribution is 0.416. The number of nitrogens with two attached hydrogens (primary N) is 1. The van der Waals surface area contributed by atoms with Crippen LogP contribution in [0.4, 0.5) is 5.82 Å². The highest BCUT2D eigenvalue weighted by molar-refractivity contribution is 9.10. The SMILES string of the molecule is CCCCn1c(C)nc(-c2cc(Br)ccc2OC)c1N. The number of unbranched alkanes of at least 4 members (excludes halogenated alkanes) is 1. The molecule has 0 unspecified atom stereocenters. The first-order chi connectivity index (χ1) is 9.58. The fraction of sp³-hybridized carbons (Fsp3) is 0.400. The molecule has 5 heteroatoms. The van der Waals surface area contributed by atoms with Gasteiger partial charge >= 0.3 is 0 Å². The zero-order chi connectivity index (χ0) is 14.7. The van der Waals surface area contributed by atoms with Crippen molar-refractivity contribution in [2.24, 2.45) is 0 Å². The number of hydrogen-bond acceptors (Lipinski definition) is 3. The molecular formula is C15H20BrN3O. The van der Waals surface area contributed by atoms with Gasteiger partial charge in [0.2, 0.25) is 0 Å². The van der Waals surface area contributed by atoms with E-state index >= 15 is 0 Å². The van der Waals surface area contributed by atoms with Crippen molar-refractivity contribution in [3.05, 3.63) is 28.5 Å². The van der Waals surface area contributed by atoms with Gasteiger partial charge in [-0.1, -0.05) is 29.3 Å². The minimum atomic E-state index is 0.701. The van der Waals surface area contributed by atoms with Gasteiger partial charge in [0.05, 0.1) is 7.11 Å². The van der Waals surface area contributed by atoms with Crippen LogP contribution in [0.5, 0.6) is 5.75 Å². The number of hydrogen-bond donors (Lipinski definition) is 1. The topological polar surface area (TPSA) is 53.1 Å². The number of rotatable bonds is 5. The van der Waals surface area contributed by atoms with Gasteiger partial charge < -0.3 is 15.0 Å². The molecule has 1 heterocycles. The van der Waals surface area contributed by atoms with Gasteiger partial charge in [-0.15, -0.1) is 0 Å². The minimum Gasteiger partial charge on any atom is -0.496 e. The van der Waals surface area contributed by atoms with Crippen LogP contribution in [-0.2, 0) is 6.54 Å². The molecule has 0 radical (unpaired) electrons. The smallest absolute Gasteiger partial charge is 0.131 e. The quantitative estimate of drug-likeness (QED) is 0.896. The number of nitrogens with zero attached hydrogens (tertiary/aromatic N) is 2. The maximum atomic E-state index is 6.28. The van der Waals surface area contributed by atoms with E-state index in [2.05, 4.69) is 32.4 Å². The van der Waals surface area contributed by atoms with Crippen molar-refractivity contribution in [1.29, 1.82) is 0 Å². The minimum absolute atomic E-state index is 0.701. The number of imidazole rings is 1. The molecule has 1 aromatic carbocycles. The molecule has 2 aromatic rings. The Labute approximate surface area is 128 Å². The summed E-state index contributed by atoms with van der Waals surface area (Å²) in [7, 11) is 1.66. The molecule has 0 spiro atoms. The van der Waals surface area contributed by atoms with Crippen LogP contribution in [0.15, 0.2) is 22.7 Å². The average molecular weight is 338 g/mol. The van der Waals surface area contributed by atoms with E-state index < -0.39 is 0 Å². The van der Waals surface area contributed by atoms with Crippen molar-refractivity contribution in [1.82, 2.24) is 9.55 Å². The highest BCUT2D eigenvalue weighted by Crippen LogP contribution is 2.35. The Hall–Kier alpha value is -1.49. The first-order valence-corrected chi connectivity index (χ1v) is 7.54. The van der Waals surface area contributed by atoms with Gasteiger partial charge in [0, 0.05) is 16.6 Å². The molecule has 2 N–H and O–H groups in total. The molecule has 0 fully saturated rings. The Bertz CT molecular complexity index is 607. The van der Waals surface area contributed by atoms with Crippen LogP contribution in [0.1, 0.15) is 25.6 Å². The number of ether oxygens (including phenoxy) is 1. The second-order valence-corrected chi connectivity index (χ2v) is 5.66. The van der Waals surface area contributed by atoms with Crippen LogP contribution in [0.25, 0.3) is 11.3 Å². The van der Waals surface area contributed by atoms with E-state index in [0.717, 1.165) is 46.7 Å². The molecule has 0 saturated heterocycles. The Balaban J connectivity index is 2.50. The summed E-state index contributed by atoms with van der Waals surface area (Å²) in [5, 5.41) is 0. The highest BCUT2D eigenvalue weighted by atomic mass is 79.9. The summed E-state index contributed by atoms with van der Waals surface area (Å²) in [6, 6.07) is 5.85. The molecule has 20 heavy (non-hydrogen) atoms. The van der Waals surface area contributed by atoms with E-state index in [0.29, 0.717) is 5.82 Å². The van der Waals surface area contributed by atoms with Gasteiger partial charge in [-0.25, -0.2) is 4.98 Å². The van der Waals surface area contributed by atoms with E-state index in [-0.39, 0.29) is 0 Å². The zero-order valence-corrected chi connectivity index (χ0v) is 13.7. The van der Waals surface area contributed by atoms with Crippen molar-refractivity contribution < 1.29 is 4.74 Å². The van der Waals surface area contributed by atoms with Crippen molar-refractivity contribution >= 4 is 21.7 Å². The number of benzene rings is 1. The maximum Gasteiger partial charge on any atom is 0.131 e. The molecule has 0 amide bonds. The number of nitrogen functional groups attached to an aromatic ring is 1. The molecule has 108 valence electrons. The van der Waals surface area contributed by atoms with Gasteiger partial charge in [-0.3, -0.25) is 0 Å². The standard InChI is InChI=1S/C15H20BrN3O/c1-4-5-8-19-10(2)18-14(15(19)17)12-9-11(16)6-7-13(12)20-3/h6-7,9H,4-5,8,17H2,1-3H3. The number of aromatic nitrogens is 2. The van der Waals surface area contributed by atoms with Gasteiger partial charge in [-0.05, 0) is 31.5 Å². The third-order valence-electron chi connectivity index (χ3n) is 3.35. The van der Waals surface area contributed by atoms with Gasteiger partial charge in [-0.2, -0.15) is 0 Å². The summed E-state index contributed by atoms with van der Waals surface area (Å²) < 4.78 is 8.46. The molecule has 1 aromatic heterocycles. The normalized spacial score (nSPS) is 10.8. The van der Waals surface area contributed by atoms with Crippen molar-refractivity contribution in [3.8, 4) is 17.0 Å². The maximum absolute atomic E-state index is 6.28. The highest BCUT2D eigenvalue weighted by Gasteiger charge is 2.17. The second-order valence-electron chi connectivity index (χ2n) is 4.74. The van der Waals surface area contributed by atoms with E-state index in [1.165, 1.54) is 0 Å². The van der Waals surface area contributed by atoms with Crippen molar-refractivity contribution in [2.75, 3.05) is 12.8 Å². The van der Waals surface area contributed by atoms with Crippen LogP contribution in [0.2, 0.25) is 0 Å². The Morgan fingerprint density at radius 3 is 2.80 bits per heavy atom. The Kier molecular flexibility index (Phi) is 4.70. The zero-order valence-electron chi connectivity index (χ0n) is 12.1. The molecule has 0 aliphatic carbocycles. The third kappa shape index (κ3) is 2.82. The predicted octanol–water partition coefficient (Wildman–Crippen LogP) is 4.01. The molecule has 0 aliphatic heterocycles. The third-order valence-corrected chi connectivity index (χ3v) is 3.84. The lowest BCUT2D eigenvalue weighted by atomic mass is 10.1. The van der Waals surface area contributed by atoms with Crippen LogP contribution in [0.3, 0.4) is 0 Å². The fourth-order valence-corrected chi connectivity index (χ4v) is 2.60. The van der Waals surface area contributed by atoms with Crippen LogP contribution >= 0.6 is 15.9 Å². The average Bonchev–Trinajstić information content (AvgIpc) is 2.71. The van der Waals surface area contributed by atoms with E-state index in [1.54, 1.807) is 7.11 Å². The lowest BCUT2D eigenvalue weighted by Crippen LogP contribution is -2.05. The van der Waals surface area contributed by atoms with Crippen LogP contribution in [0, 0.1) is 6.92 Å². The van der Waals surface area contributed by atoms with E-state index in [9.17, 15) is 0 Å². The Morgan fingerprint density at radius 1 is 1.40 bits per heavy atom. The van der Waals surface area contributed by atoms with Crippen molar-refractivity contribution in [2.45, 2.75) is 33.2 Å². The summed E-state index contributed by atoms with van der Waals surface area (Å²) in [6.07, 6.45) is 2.23. The number of methoxy groups -OCH3 is 1. The summed E-state index contributed by atoms with van der Waals surface area (Å²) in [5.41, 5.74) is 7.98. The molecule has 2 rings (SSSR count). The monoisotopic (exact) mass is 337 g/mol. The molecular weight excluding hydrogens is 318 g/mol. The molecule has 0 bridgehead atoms. The molecule has 0 saturated carbocycles. The lowest BCUT2D eigenvalue weighted by Gasteiger charge is -2.09. The second kappa shape index (κ2) is 6.31. The first kappa shape index (κ1) is 14.9. The molecule has 0 aliphatic rings. The summed E-state index contributed by atoms with van der Waals surface area (Å²) in [5.74, 6) is 2.42. The largest absolute Gasteiger partial charge is 0.496 e. The van der Waals surface area contributed by atoms with E-state index in [4.69, 9.17) is 10.5 Å². The van der Waals surface area contributed by atoms with Crippen LogP contribution < -0.4 is 10.5 Å². The van der Waals surface area contributed by atoms with Gasteiger partial charge in [0.1, 0.15) is 23.1 Å². The van der Waals surface area contributed by atoms with Gasteiger partial charge in [0.15, 0.2) is 0 Å². The van der Waals surface area contributed by atoms with Crippen molar-refractivity contribution in [3.63, 3.8) is 0 Å². The summed E-state index contributed by atoms with van der Waals surface area (Å²) >= 11 is 3.48. The van der Waals surface area contributed by atoms with Gasteiger partial charge in [0.25, 0.3) is 0 Å². The summed E-state index contributed by atoms with van der Waals surface area (Å²) in [4.78, 5) is 4.62. The first-order valence-electron chi connectivity index (χ1n) is 6.75. The molecule has 0 atom stereocenters. The number of halogens is 1. The number of anilines is 1. The predicted molar refractivity (Wildman–Crippen MR) is 86.0 cm³/mol. The fourth-order valence-electron chi connectivity index (χ4n) is 2.24. The number of aryl methyl sites for hydroxylation is 1. The van der Waals surface area contributed by atoms with E-state index in [1.807, 2.05) is 25.1 Å². The molecule has 4 nitrogen and oxygen atoms in total.